The molecular formula is C19H19BrN4O3S. The third-order valence-electron chi connectivity index (χ3n) is 3.69. The Labute approximate surface area is 175 Å². The van der Waals surface area contributed by atoms with Gasteiger partial charge in [0.25, 0.3) is 0 Å². The Hall–Kier alpha value is -2.49. The molecule has 3 aromatic rings. The van der Waals surface area contributed by atoms with Crippen LogP contribution in [0.2, 0.25) is 0 Å². The summed E-state index contributed by atoms with van der Waals surface area (Å²) in [6.07, 6.45) is 1.36. The molecule has 0 bridgehead atoms. The number of ether oxygens (including phenoxy) is 2. The molecule has 3 rings (SSSR count). The molecule has 0 fully saturated rings. The number of hydrogen-bond donors (Lipinski definition) is 2. The van der Waals surface area contributed by atoms with Gasteiger partial charge in [0.1, 0.15) is 11.9 Å². The van der Waals surface area contributed by atoms with Gasteiger partial charge >= 0.3 is 0 Å². The van der Waals surface area contributed by atoms with Gasteiger partial charge in [0, 0.05) is 42.7 Å². The molecule has 2 aromatic heterocycles. The van der Waals surface area contributed by atoms with Gasteiger partial charge in [0.05, 0.1) is 5.69 Å². The topological polar surface area (TPSA) is 85.4 Å². The second-order valence-corrected chi connectivity index (χ2v) is 7.55. The fourth-order valence-electron chi connectivity index (χ4n) is 2.35. The number of thiazole rings is 1. The number of carbonyl (C=O) groups is 1. The normalized spacial score (nSPS) is 11.7. The molecule has 0 saturated heterocycles. The van der Waals surface area contributed by atoms with Crippen molar-refractivity contribution in [3.63, 3.8) is 0 Å². The Morgan fingerprint density at radius 1 is 1.32 bits per heavy atom. The number of rotatable bonds is 8. The third-order valence-corrected chi connectivity index (χ3v) is 4.90. The Bertz CT molecular complexity index is 936. The fourth-order valence-corrected chi connectivity index (χ4v) is 3.41. The largest absolute Gasteiger partial charge is 0.453 e. The zero-order chi connectivity index (χ0) is 19.9. The number of hydrogen-bond acceptors (Lipinski definition) is 7. The molecule has 28 heavy (non-hydrogen) atoms. The minimum atomic E-state index is -0.325. The van der Waals surface area contributed by atoms with Crippen LogP contribution in [0.4, 0.5) is 10.9 Å². The molecule has 0 spiro atoms. The van der Waals surface area contributed by atoms with Crippen LogP contribution in [-0.4, -0.2) is 29.5 Å². The summed E-state index contributed by atoms with van der Waals surface area (Å²) in [4.78, 5) is 20.1. The summed E-state index contributed by atoms with van der Waals surface area (Å²) in [6, 6.07) is 11.3. The Balaban J connectivity index is 1.77. The van der Waals surface area contributed by atoms with Crippen LogP contribution >= 0.6 is 27.3 Å². The summed E-state index contributed by atoms with van der Waals surface area (Å²) in [7, 11) is 1.58. The molecule has 7 nitrogen and oxygen atoms in total. The van der Waals surface area contributed by atoms with E-state index in [-0.39, 0.29) is 12.0 Å². The van der Waals surface area contributed by atoms with Gasteiger partial charge in [0.2, 0.25) is 5.91 Å². The highest BCUT2D eigenvalue weighted by Crippen LogP contribution is 2.33. The average Bonchev–Trinajstić information content (AvgIpc) is 3.13. The second-order valence-electron chi connectivity index (χ2n) is 5.78. The van der Waals surface area contributed by atoms with Crippen LogP contribution in [0.15, 0.2) is 52.4 Å². The number of nitrogens with zero attached hydrogens (tertiary/aromatic N) is 2. The molecule has 0 aliphatic rings. The van der Waals surface area contributed by atoms with Crippen molar-refractivity contribution >= 4 is 44.1 Å². The van der Waals surface area contributed by atoms with Gasteiger partial charge in [-0.25, -0.2) is 9.97 Å². The molecule has 0 saturated carbocycles. The first-order valence-corrected chi connectivity index (χ1v) is 10.1. The average molecular weight is 463 g/mol. The molecule has 9 heteroatoms. The van der Waals surface area contributed by atoms with Crippen LogP contribution in [0.5, 0.6) is 11.5 Å². The Kier molecular flexibility index (Phi) is 6.96. The number of para-hydroxylation sites is 1. The number of pyridine rings is 1. The summed E-state index contributed by atoms with van der Waals surface area (Å²) < 4.78 is 12.2. The smallest absolute Gasteiger partial charge is 0.216 e. The molecule has 1 amide bonds. The lowest BCUT2D eigenvalue weighted by molar-refractivity contribution is -0.119. The van der Waals surface area contributed by atoms with E-state index in [9.17, 15) is 4.79 Å². The predicted molar refractivity (Wildman–Crippen MR) is 112 cm³/mol. The van der Waals surface area contributed by atoms with Gasteiger partial charge in [-0.05, 0) is 28.1 Å². The van der Waals surface area contributed by atoms with Crippen LogP contribution < -0.4 is 15.4 Å². The van der Waals surface area contributed by atoms with Crippen molar-refractivity contribution in [1.29, 1.82) is 0 Å². The summed E-state index contributed by atoms with van der Waals surface area (Å²) in [5, 5.41) is 8.46. The molecule has 146 valence electrons. The lowest BCUT2D eigenvalue weighted by Gasteiger charge is -2.13. The lowest BCUT2D eigenvalue weighted by Crippen LogP contribution is -2.26. The maximum absolute atomic E-state index is 11.1. The van der Waals surface area contributed by atoms with Crippen molar-refractivity contribution in [1.82, 2.24) is 15.3 Å². The standard InChI is InChI=1S/C19H19BrN4O3S/c1-12(25)21-10-17(26-2)15-11-28-19(23-15)24-18-16(8-13(20)9-22-18)27-14-6-4-3-5-7-14/h3-9,11,17H,10H2,1-2H3,(H,21,25)(H,22,23,24). The van der Waals surface area contributed by atoms with Crippen LogP contribution in [0.3, 0.4) is 0 Å². The third kappa shape index (κ3) is 5.51. The van der Waals surface area contributed by atoms with Gasteiger partial charge in [-0.15, -0.1) is 11.3 Å². The van der Waals surface area contributed by atoms with Crippen molar-refractivity contribution < 1.29 is 14.3 Å². The number of methoxy groups -OCH3 is 1. The highest BCUT2D eigenvalue weighted by atomic mass is 79.9. The molecule has 2 N–H and O–H groups in total. The molecule has 2 heterocycles. The molecule has 1 atom stereocenters. The lowest BCUT2D eigenvalue weighted by atomic mass is 10.3. The summed E-state index contributed by atoms with van der Waals surface area (Å²) in [6.45, 7) is 1.82. The van der Waals surface area contributed by atoms with Gasteiger partial charge in [-0.1, -0.05) is 18.2 Å². The zero-order valence-corrected chi connectivity index (χ0v) is 17.7. The summed E-state index contributed by atoms with van der Waals surface area (Å²) >= 11 is 4.84. The van der Waals surface area contributed by atoms with Crippen LogP contribution in [0, 0.1) is 0 Å². The zero-order valence-electron chi connectivity index (χ0n) is 15.3. The molecule has 1 unspecified atom stereocenters. The molecular weight excluding hydrogens is 444 g/mol. The van der Waals surface area contributed by atoms with E-state index in [0.29, 0.717) is 29.0 Å². The summed E-state index contributed by atoms with van der Waals surface area (Å²) in [5.74, 6) is 1.71. The van der Waals surface area contributed by atoms with Crippen LogP contribution in [-0.2, 0) is 9.53 Å². The Morgan fingerprint density at radius 2 is 2.11 bits per heavy atom. The number of amides is 1. The van der Waals surface area contributed by atoms with Gasteiger partial charge in [-0.3, -0.25) is 4.79 Å². The van der Waals surface area contributed by atoms with Gasteiger partial charge in [-0.2, -0.15) is 0 Å². The minimum absolute atomic E-state index is 0.114. The number of carbonyl (C=O) groups excluding carboxylic acids is 1. The van der Waals surface area contributed by atoms with Crippen molar-refractivity contribution in [3.05, 3.63) is 58.1 Å². The molecule has 0 radical (unpaired) electrons. The highest BCUT2D eigenvalue weighted by molar-refractivity contribution is 9.10. The van der Waals surface area contributed by atoms with E-state index in [0.717, 1.165) is 10.2 Å². The van der Waals surface area contributed by atoms with Crippen molar-refractivity contribution in [2.75, 3.05) is 19.0 Å². The number of nitrogens with one attached hydrogen (secondary N) is 2. The van der Waals surface area contributed by atoms with E-state index < -0.39 is 0 Å². The number of aromatic nitrogens is 2. The van der Waals surface area contributed by atoms with E-state index in [1.807, 2.05) is 41.8 Å². The predicted octanol–water partition coefficient (Wildman–Crippen LogP) is 4.66. The quantitative estimate of drug-likeness (QED) is 0.506. The SMILES string of the molecule is COC(CNC(C)=O)c1csc(Nc2ncc(Br)cc2Oc2ccccc2)n1. The number of benzene rings is 1. The maximum atomic E-state index is 11.1. The monoisotopic (exact) mass is 462 g/mol. The van der Waals surface area contributed by atoms with E-state index in [2.05, 4.69) is 36.5 Å². The molecule has 0 aliphatic carbocycles. The fraction of sp³-hybridized carbons (Fsp3) is 0.211. The van der Waals surface area contributed by atoms with E-state index in [1.165, 1.54) is 18.3 Å². The second kappa shape index (κ2) is 9.63. The maximum Gasteiger partial charge on any atom is 0.216 e. The van der Waals surface area contributed by atoms with E-state index in [4.69, 9.17) is 9.47 Å². The van der Waals surface area contributed by atoms with Crippen LogP contribution in [0.1, 0.15) is 18.7 Å². The first-order valence-electron chi connectivity index (χ1n) is 8.43. The molecule has 1 aromatic carbocycles. The van der Waals surface area contributed by atoms with Crippen molar-refractivity contribution in [3.8, 4) is 11.5 Å². The summed E-state index contributed by atoms with van der Waals surface area (Å²) in [5.41, 5.74) is 0.728. The Morgan fingerprint density at radius 3 is 2.82 bits per heavy atom. The van der Waals surface area contributed by atoms with Gasteiger partial charge < -0.3 is 20.1 Å². The molecule has 0 aliphatic heterocycles. The number of halogens is 1. The number of anilines is 2. The minimum Gasteiger partial charge on any atom is -0.453 e. The van der Waals surface area contributed by atoms with Gasteiger partial charge in [0.15, 0.2) is 16.7 Å². The highest BCUT2D eigenvalue weighted by Gasteiger charge is 2.16. The van der Waals surface area contributed by atoms with Crippen molar-refractivity contribution in [2.45, 2.75) is 13.0 Å². The van der Waals surface area contributed by atoms with E-state index >= 15 is 0 Å². The van der Waals surface area contributed by atoms with Crippen LogP contribution in [0.25, 0.3) is 0 Å². The first-order chi connectivity index (χ1) is 13.5. The van der Waals surface area contributed by atoms with Crippen molar-refractivity contribution in [2.24, 2.45) is 0 Å². The van der Waals surface area contributed by atoms with E-state index in [1.54, 1.807) is 13.3 Å². The first kappa shape index (κ1) is 20.2.